The molecule has 2 aromatic rings. The molecule has 18 heavy (non-hydrogen) atoms. The first-order valence-corrected chi connectivity index (χ1v) is 5.32. The fourth-order valence-electron chi connectivity index (χ4n) is 1.71. The third-order valence-electron chi connectivity index (χ3n) is 2.55. The highest BCUT2D eigenvalue weighted by atomic mass is 16.6. The Morgan fingerprint density at radius 3 is 2.89 bits per heavy atom. The van der Waals surface area contributed by atoms with E-state index in [0.717, 1.165) is 0 Å². The normalized spacial score (nSPS) is 10.6. The van der Waals surface area contributed by atoms with Crippen LogP contribution in [0.25, 0.3) is 10.9 Å². The van der Waals surface area contributed by atoms with Gasteiger partial charge in [0, 0.05) is 13.1 Å². The Hall–Kier alpha value is -2.44. The zero-order chi connectivity index (χ0) is 13.3. The van der Waals surface area contributed by atoms with Crippen LogP contribution < -0.4 is 0 Å². The number of nitrogens with zero attached hydrogens (tertiary/aromatic N) is 3. The number of rotatable bonds is 3. The number of nitro groups is 1. The Kier molecular flexibility index (Phi) is 2.97. The molecule has 0 spiro atoms. The number of non-ortho nitro benzene ring substituents is 1. The van der Waals surface area contributed by atoms with Crippen LogP contribution in [0.3, 0.4) is 0 Å². The van der Waals surface area contributed by atoms with E-state index in [4.69, 9.17) is 4.74 Å². The molecule has 0 fully saturated rings. The van der Waals surface area contributed by atoms with Crippen molar-refractivity contribution in [3.05, 3.63) is 34.0 Å². The van der Waals surface area contributed by atoms with Gasteiger partial charge in [-0.15, -0.1) is 0 Å². The van der Waals surface area contributed by atoms with Crippen molar-refractivity contribution in [1.29, 1.82) is 0 Å². The van der Waals surface area contributed by atoms with Crippen molar-refractivity contribution < 1.29 is 14.5 Å². The van der Waals surface area contributed by atoms with Gasteiger partial charge in [0.15, 0.2) is 0 Å². The Morgan fingerprint density at radius 1 is 1.56 bits per heavy atom. The first kappa shape index (κ1) is 12.0. The molecule has 7 nitrogen and oxygen atoms in total. The van der Waals surface area contributed by atoms with Crippen LogP contribution in [0.15, 0.2) is 18.3 Å². The van der Waals surface area contributed by atoms with E-state index in [1.54, 1.807) is 14.0 Å². The molecule has 0 unspecified atom stereocenters. The minimum absolute atomic E-state index is 0.149. The highest BCUT2D eigenvalue weighted by Crippen LogP contribution is 2.27. The third kappa shape index (κ3) is 1.90. The first-order chi connectivity index (χ1) is 8.54. The number of nitro benzene ring substituents is 1. The van der Waals surface area contributed by atoms with Gasteiger partial charge in [0.1, 0.15) is 0 Å². The standard InChI is InChI=1S/C11H11N3O4/c1-3-18-11(15)7-4-9-8(6-12-13(9)2)10(5-7)14(16)17/h4-6H,3H2,1-2H3. The second-order valence-electron chi connectivity index (χ2n) is 3.67. The summed E-state index contributed by atoms with van der Waals surface area (Å²) in [5.41, 5.74) is 0.524. The zero-order valence-corrected chi connectivity index (χ0v) is 9.91. The van der Waals surface area contributed by atoms with Gasteiger partial charge in [-0.3, -0.25) is 14.8 Å². The molecule has 0 bridgehead atoms. The molecule has 0 saturated carbocycles. The SMILES string of the molecule is CCOC(=O)c1cc([N+](=O)[O-])c2cnn(C)c2c1. The molecule has 94 valence electrons. The molecule has 0 amide bonds. The summed E-state index contributed by atoms with van der Waals surface area (Å²) < 4.78 is 6.31. The molecule has 0 atom stereocenters. The number of aromatic nitrogens is 2. The van der Waals surface area contributed by atoms with Crippen LogP contribution in [-0.2, 0) is 11.8 Å². The average molecular weight is 249 g/mol. The first-order valence-electron chi connectivity index (χ1n) is 5.32. The Balaban J connectivity index is 2.66. The maximum absolute atomic E-state index is 11.6. The van der Waals surface area contributed by atoms with Crippen LogP contribution in [0.4, 0.5) is 5.69 Å². The lowest BCUT2D eigenvalue weighted by Gasteiger charge is -2.03. The van der Waals surface area contributed by atoms with Gasteiger partial charge in [0.05, 0.1) is 34.2 Å². The monoisotopic (exact) mass is 249 g/mol. The van der Waals surface area contributed by atoms with Crippen molar-refractivity contribution in [2.75, 3.05) is 6.61 Å². The van der Waals surface area contributed by atoms with Gasteiger partial charge in [-0.05, 0) is 13.0 Å². The lowest BCUT2D eigenvalue weighted by atomic mass is 10.1. The number of ether oxygens (including phenoxy) is 1. The topological polar surface area (TPSA) is 87.3 Å². The summed E-state index contributed by atoms with van der Waals surface area (Å²) in [6.07, 6.45) is 1.41. The van der Waals surface area contributed by atoms with E-state index in [1.165, 1.54) is 23.0 Å². The molecule has 0 aliphatic heterocycles. The molecular formula is C11H11N3O4. The lowest BCUT2D eigenvalue weighted by molar-refractivity contribution is -0.383. The summed E-state index contributed by atoms with van der Waals surface area (Å²) in [5.74, 6) is -0.580. The number of carbonyl (C=O) groups excluding carboxylic acids is 1. The quantitative estimate of drug-likeness (QED) is 0.469. The van der Waals surface area contributed by atoms with Crippen molar-refractivity contribution in [3.63, 3.8) is 0 Å². The Labute approximate surface area is 102 Å². The second-order valence-corrected chi connectivity index (χ2v) is 3.67. The van der Waals surface area contributed by atoms with Crippen LogP contribution in [0.5, 0.6) is 0 Å². The largest absolute Gasteiger partial charge is 0.462 e. The number of aryl methyl sites for hydroxylation is 1. The van der Waals surface area contributed by atoms with E-state index in [-0.39, 0.29) is 17.9 Å². The van der Waals surface area contributed by atoms with E-state index in [9.17, 15) is 14.9 Å². The van der Waals surface area contributed by atoms with Crippen LogP contribution in [0.2, 0.25) is 0 Å². The van der Waals surface area contributed by atoms with Crippen molar-refractivity contribution in [3.8, 4) is 0 Å². The third-order valence-corrected chi connectivity index (χ3v) is 2.55. The van der Waals surface area contributed by atoms with Crippen LogP contribution in [-0.4, -0.2) is 27.3 Å². The fraction of sp³-hybridized carbons (Fsp3) is 0.273. The maximum Gasteiger partial charge on any atom is 0.338 e. The maximum atomic E-state index is 11.6. The van der Waals surface area contributed by atoms with Gasteiger partial charge in [0.25, 0.3) is 5.69 Å². The van der Waals surface area contributed by atoms with Gasteiger partial charge in [-0.1, -0.05) is 0 Å². The Bertz CT molecular complexity index is 632. The van der Waals surface area contributed by atoms with Gasteiger partial charge in [-0.2, -0.15) is 5.10 Å². The summed E-state index contributed by atoms with van der Waals surface area (Å²) in [4.78, 5) is 22.1. The van der Waals surface area contributed by atoms with Crippen molar-refractivity contribution in [2.24, 2.45) is 7.05 Å². The number of esters is 1. The number of carbonyl (C=O) groups is 1. The molecule has 1 heterocycles. The van der Waals surface area contributed by atoms with Gasteiger partial charge in [-0.25, -0.2) is 4.79 Å². The van der Waals surface area contributed by atoms with Crippen LogP contribution >= 0.6 is 0 Å². The second kappa shape index (κ2) is 4.44. The summed E-state index contributed by atoms with van der Waals surface area (Å²) in [6, 6.07) is 2.75. The van der Waals surface area contributed by atoms with Gasteiger partial charge < -0.3 is 4.74 Å². The molecule has 0 aliphatic rings. The molecule has 2 rings (SSSR count). The minimum atomic E-state index is -0.580. The number of hydrogen-bond acceptors (Lipinski definition) is 5. The molecule has 7 heteroatoms. The zero-order valence-electron chi connectivity index (χ0n) is 9.91. The van der Waals surface area contributed by atoms with E-state index in [0.29, 0.717) is 10.9 Å². The van der Waals surface area contributed by atoms with Crippen molar-refractivity contribution in [1.82, 2.24) is 9.78 Å². The van der Waals surface area contributed by atoms with Gasteiger partial charge in [0.2, 0.25) is 0 Å². The molecular weight excluding hydrogens is 238 g/mol. The predicted molar refractivity (Wildman–Crippen MR) is 63.3 cm³/mol. The van der Waals surface area contributed by atoms with E-state index in [2.05, 4.69) is 5.10 Å². The van der Waals surface area contributed by atoms with E-state index >= 15 is 0 Å². The van der Waals surface area contributed by atoms with Crippen molar-refractivity contribution in [2.45, 2.75) is 6.92 Å². The lowest BCUT2D eigenvalue weighted by Crippen LogP contribution is -2.06. The van der Waals surface area contributed by atoms with E-state index in [1.807, 2.05) is 0 Å². The highest BCUT2D eigenvalue weighted by molar-refractivity contribution is 5.98. The summed E-state index contributed by atoms with van der Waals surface area (Å²) in [5, 5.41) is 15.3. The fourth-order valence-corrected chi connectivity index (χ4v) is 1.71. The average Bonchev–Trinajstić information content (AvgIpc) is 2.70. The molecule has 0 saturated heterocycles. The Morgan fingerprint density at radius 2 is 2.28 bits per heavy atom. The van der Waals surface area contributed by atoms with E-state index < -0.39 is 10.9 Å². The summed E-state index contributed by atoms with van der Waals surface area (Å²) >= 11 is 0. The molecule has 0 N–H and O–H groups in total. The minimum Gasteiger partial charge on any atom is -0.462 e. The van der Waals surface area contributed by atoms with Crippen molar-refractivity contribution >= 4 is 22.6 Å². The highest BCUT2D eigenvalue weighted by Gasteiger charge is 2.20. The molecule has 0 radical (unpaired) electrons. The predicted octanol–water partition coefficient (Wildman–Crippen LogP) is 1.66. The summed E-state index contributed by atoms with van der Waals surface area (Å²) in [7, 11) is 1.65. The number of fused-ring (bicyclic) bond motifs is 1. The summed E-state index contributed by atoms with van der Waals surface area (Å²) in [6.45, 7) is 1.89. The van der Waals surface area contributed by atoms with Crippen LogP contribution in [0.1, 0.15) is 17.3 Å². The smallest absolute Gasteiger partial charge is 0.338 e. The van der Waals surface area contributed by atoms with Crippen LogP contribution in [0, 0.1) is 10.1 Å². The molecule has 1 aromatic carbocycles. The molecule has 0 aliphatic carbocycles. The van der Waals surface area contributed by atoms with Gasteiger partial charge >= 0.3 is 5.97 Å². The molecule has 1 aromatic heterocycles. The number of hydrogen-bond donors (Lipinski definition) is 0. The number of benzene rings is 1.